The van der Waals surface area contributed by atoms with E-state index in [9.17, 15) is 9.59 Å². The normalized spacial score (nSPS) is 10.8. The van der Waals surface area contributed by atoms with Crippen molar-refractivity contribution in [1.82, 2.24) is 4.57 Å². The molecule has 1 aromatic heterocycles. The van der Waals surface area contributed by atoms with E-state index >= 15 is 0 Å². The SMILES string of the molecule is CCCn1ccc2c(OCC(=O)Nc3cc(C)cc(C)c3)cccc2c1=O. The predicted octanol–water partition coefficient (Wildman–Crippen LogP) is 4.05. The van der Waals surface area contributed by atoms with Gasteiger partial charge in [0.1, 0.15) is 5.75 Å². The average Bonchev–Trinajstić information content (AvgIpc) is 2.61. The molecule has 0 bridgehead atoms. The molecule has 0 fully saturated rings. The molecule has 0 aliphatic heterocycles. The zero-order valence-electron chi connectivity index (χ0n) is 15.9. The maximum absolute atomic E-state index is 12.5. The molecule has 0 atom stereocenters. The van der Waals surface area contributed by atoms with Crippen LogP contribution in [0.3, 0.4) is 0 Å². The summed E-state index contributed by atoms with van der Waals surface area (Å²) in [4.78, 5) is 24.8. The number of benzene rings is 2. The van der Waals surface area contributed by atoms with Gasteiger partial charge in [-0.25, -0.2) is 0 Å². The van der Waals surface area contributed by atoms with Gasteiger partial charge in [0, 0.05) is 23.8 Å². The summed E-state index contributed by atoms with van der Waals surface area (Å²) in [5.74, 6) is 0.292. The van der Waals surface area contributed by atoms with Crippen molar-refractivity contribution < 1.29 is 9.53 Å². The van der Waals surface area contributed by atoms with Gasteiger partial charge in [-0.15, -0.1) is 0 Å². The van der Waals surface area contributed by atoms with Crippen molar-refractivity contribution in [1.29, 1.82) is 0 Å². The molecule has 140 valence electrons. The van der Waals surface area contributed by atoms with Gasteiger partial charge in [-0.1, -0.05) is 19.1 Å². The minimum Gasteiger partial charge on any atom is -0.483 e. The molecule has 0 aliphatic carbocycles. The Morgan fingerprint density at radius 1 is 1.07 bits per heavy atom. The van der Waals surface area contributed by atoms with Crippen molar-refractivity contribution in [3.63, 3.8) is 0 Å². The molecule has 0 saturated carbocycles. The van der Waals surface area contributed by atoms with Crippen LogP contribution in [-0.2, 0) is 11.3 Å². The van der Waals surface area contributed by atoms with Crippen LogP contribution >= 0.6 is 0 Å². The highest BCUT2D eigenvalue weighted by Crippen LogP contribution is 2.23. The highest BCUT2D eigenvalue weighted by molar-refractivity contribution is 5.93. The first kappa shape index (κ1) is 18.7. The van der Waals surface area contributed by atoms with E-state index in [-0.39, 0.29) is 18.1 Å². The monoisotopic (exact) mass is 364 g/mol. The number of carbonyl (C=O) groups is 1. The molecule has 2 aromatic carbocycles. The molecule has 1 heterocycles. The molecule has 1 N–H and O–H groups in total. The summed E-state index contributed by atoms with van der Waals surface area (Å²) in [6, 6.07) is 13.1. The standard InChI is InChI=1S/C22H24N2O3/c1-4-9-24-10-8-18-19(22(24)26)6-5-7-20(18)27-14-21(25)23-17-12-15(2)11-16(3)13-17/h5-8,10-13H,4,9,14H2,1-3H3,(H,23,25). The lowest BCUT2D eigenvalue weighted by molar-refractivity contribution is -0.118. The summed E-state index contributed by atoms with van der Waals surface area (Å²) in [6.45, 7) is 6.56. The third kappa shape index (κ3) is 4.37. The maximum atomic E-state index is 12.5. The van der Waals surface area contributed by atoms with Crippen LogP contribution in [0.5, 0.6) is 5.75 Å². The van der Waals surface area contributed by atoms with E-state index in [4.69, 9.17) is 4.74 Å². The Balaban J connectivity index is 1.75. The minimum atomic E-state index is -0.240. The first-order valence-corrected chi connectivity index (χ1v) is 9.11. The number of amides is 1. The van der Waals surface area contributed by atoms with E-state index in [0.29, 0.717) is 23.1 Å². The molecule has 0 spiro atoms. The lowest BCUT2D eigenvalue weighted by atomic mass is 10.1. The molecule has 0 aliphatic rings. The second-order valence-corrected chi connectivity index (χ2v) is 6.74. The second-order valence-electron chi connectivity index (χ2n) is 6.74. The Morgan fingerprint density at radius 3 is 2.52 bits per heavy atom. The van der Waals surface area contributed by atoms with Crippen LogP contribution < -0.4 is 15.6 Å². The summed E-state index contributed by atoms with van der Waals surface area (Å²) in [5.41, 5.74) is 2.88. The van der Waals surface area contributed by atoms with Gasteiger partial charge in [0.2, 0.25) is 0 Å². The van der Waals surface area contributed by atoms with E-state index in [1.165, 1.54) is 0 Å². The van der Waals surface area contributed by atoms with Crippen LogP contribution in [0.2, 0.25) is 0 Å². The molecule has 3 rings (SSSR count). The lowest BCUT2D eigenvalue weighted by Gasteiger charge is -2.12. The van der Waals surface area contributed by atoms with E-state index in [1.807, 2.05) is 45.0 Å². The quantitative estimate of drug-likeness (QED) is 0.718. The fourth-order valence-corrected chi connectivity index (χ4v) is 3.22. The number of aromatic nitrogens is 1. The molecule has 27 heavy (non-hydrogen) atoms. The molecule has 0 saturated heterocycles. The molecule has 1 amide bonds. The fourth-order valence-electron chi connectivity index (χ4n) is 3.22. The largest absolute Gasteiger partial charge is 0.483 e. The number of fused-ring (bicyclic) bond motifs is 1. The first-order valence-electron chi connectivity index (χ1n) is 9.11. The van der Waals surface area contributed by atoms with Crippen LogP contribution in [0.25, 0.3) is 10.8 Å². The Hall–Kier alpha value is -3.08. The van der Waals surface area contributed by atoms with Crippen LogP contribution in [0.4, 0.5) is 5.69 Å². The lowest BCUT2D eigenvalue weighted by Crippen LogP contribution is -2.21. The van der Waals surface area contributed by atoms with Crippen LogP contribution in [0.15, 0.2) is 53.5 Å². The Bertz CT molecular complexity index is 1020. The fraction of sp³-hybridized carbons (Fsp3) is 0.273. The molecule has 5 nitrogen and oxygen atoms in total. The summed E-state index contributed by atoms with van der Waals surface area (Å²) in [6.07, 6.45) is 2.66. The summed E-state index contributed by atoms with van der Waals surface area (Å²) >= 11 is 0. The van der Waals surface area contributed by atoms with Crippen molar-refractivity contribution in [2.45, 2.75) is 33.7 Å². The van der Waals surface area contributed by atoms with Gasteiger partial charge in [0.05, 0.1) is 5.39 Å². The molecular formula is C22H24N2O3. The topological polar surface area (TPSA) is 60.3 Å². The number of aryl methyl sites for hydroxylation is 3. The van der Waals surface area contributed by atoms with Gasteiger partial charge in [0.15, 0.2) is 6.61 Å². The number of carbonyl (C=O) groups excluding carboxylic acids is 1. The molecular weight excluding hydrogens is 340 g/mol. The highest BCUT2D eigenvalue weighted by atomic mass is 16.5. The predicted molar refractivity (Wildman–Crippen MR) is 109 cm³/mol. The van der Waals surface area contributed by atoms with Crippen molar-refractivity contribution >= 4 is 22.4 Å². The van der Waals surface area contributed by atoms with Crippen molar-refractivity contribution in [3.05, 3.63) is 70.1 Å². The Labute approximate surface area is 158 Å². The number of anilines is 1. The second kappa shape index (κ2) is 8.08. The Morgan fingerprint density at radius 2 is 1.81 bits per heavy atom. The number of nitrogens with zero attached hydrogens (tertiary/aromatic N) is 1. The van der Waals surface area contributed by atoms with Gasteiger partial charge in [-0.3, -0.25) is 9.59 Å². The first-order chi connectivity index (χ1) is 13.0. The third-order valence-corrected chi connectivity index (χ3v) is 4.31. The summed E-state index contributed by atoms with van der Waals surface area (Å²) in [5, 5.41) is 4.16. The van der Waals surface area contributed by atoms with Gasteiger partial charge >= 0.3 is 0 Å². The van der Waals surface area contributed by atoms with E-state index < -0.39 is 0 Å². The van der Waals surface area contributed by atoms with Crippen LogP contribution in [0.1, 0.15) is 24.5 Å². The summed E-state index contributed by atoms with van der Waals surface area (Å²) in [7, 11) is 0. The highest BCUT2D eigenvalue weighted by Gasteiger charge is 2.10. The van der Waals surface area contributed by atoms with Crippen molar-refractivity contribution in [2.24, 2.45) is 0 Å². The van der Waals surface area contributed by atoms with Gasteiger partial charge in [-0.2, -0.15) is 0 Å². The van der Waals surface area contributed by atoms with E-state index in [1.54, 1.807) is 29.0 Å². The van der Waals surface area contributed by atoms with Crippen LogP contribution in [0, 0.1) is 13.8 Å². The van der Waals surface area contributed by atoms with Gasteiger partial charge in [-0.05, 0) is 61.7 Å². The molecule has 0 unspecified atom stereocenters. The smallest absolute Gasteiger partial charge is 0.262 e. The number of pyridine rings is 1. The van der Waals surface area contributed by atoms with Gasteiger partial charge < -0.3 is 14.6 Å². The molecule has 5 heteroatoms. The molecule has 3 aromatic rings. The van der Waals surface area contributed by atoms with Crippen molar-refractivity contribution in [2.75, 3.05) is 11.9 Å². The zero-order chi connectivity index (χ0) is 19.4. The van der Waals surface area contributed by atoms with Gasteiger partial charge in [0.25, 0.3) is 11.5 Å². The zero-order valence-corrected chi connectivity index (χ0v) is 15.9. The number of hydrogen-bond donors (Lipinski definition) is 1. The molecule has 0 radical (unpaired) electrons. The van der Waals surface area contributed by atoms with Crippen molar-refractivity contribution in [3.8, 4) is 5.75 Å². The maximum Gasteiger partial charge on any atom is 0.262 e. The third-order valence-electron chi connectivity index (χ3n) is 4.31. The number of rotatable bonds is 6. The number of nitrogens with one attached hydrogen (secondary N) is 1. The number of ether oxygens (including phenoxy) is 1. The van der Waals surface area contributed by atoms with E-state index in [2.05, 4.69) is 5.32 Å². The number of hydrogen-bond acceptors (Lipinski definition) is 3. The van der Waals surface area contributed by atoms with Crippen LogP contribution in [-0.4, -0.2) is 17.1 Å². The summed E-state index contributed by atoms with van der Waals surface area (Å²) < 4.78 is 7.40. The average molecular weight is 364 g/mol. The Kier molecular flexibility index (Phi) is 5.60. The minimum absolute atomic E-state index is 0.0421. The van der Waals surface area contributed by atoms with E-state index in [0.717, 1.165) is 23.2 Å².